The third kappa shape index (κ3) is 3.98. The van der Waals surface area contributed by atoms with Crippen molar-refractivity contribution in [2.24, 2.45) is 5.92 Å². The quantitative estimate of drug-likeness (QED) is 0.514. The van der Waals surface area contributed by atoms with Crippen LogP contribution in [0.5, 0.6) is 5.75 Å². The third-order valence-corrected chi connectivity index (χ3v) is 5.40. The molecule has 1 saturated heterocycles. The summed E-state index contributed by atoms with van der Waals surface area (Å²) in [7, 11) is 0. The van der Waals surface area contributed by atoms with Crippen LogP contribution in [0, 0.1) is 5.92 Å². The van der Waals surface area contributed by atoms with Crippen molar-refractivity contribution in [1.29, 1.82) is 0 Å². The van der Waals surface area contributed by atoms with E-state index < -0.39 is 5.92 Å². The van der Waals surface area contributed by atoms with Gasteiger partial charge >= 0.3 is 5.97 Å². The Labute approximate surface area is 162 Å². The van der Waals surface area contributed by atoms with Crippen LogP contribution >= 0.6 is 15.9 Å². The van der Waals surface area contributed by atoms with Crippen molar-refractivity contribution in [3.63, 3.8) is 0 Å². The molecule has 0 aromatic heterocycles. The molecule has 0 N–H and O–H groups in total. The van der Waals surface area contributed by atoms with E-state index in [0.29, 0.717) is 18.2 Å². The number of carbonyl (C=O) groups excluding carboxylic acids is 2. The highest BCUT2D eigenvalue weighted by Gasteiger charge is 2.36. The molecule has 0 bridgehead atoms. The standard InChI is InChI=1S/C21H22BrNO3/c1-3-14(2)18-6-4-5-7-19(18)26-21(25)15-12-20(24)23(13-15)17-10-8-16(22)9-11-17/h4-11,14-15H,3,12-13H2,1-2H3/t14-,15-/m1/s1. The summed E-state index contributed by atoms with van der Waals surface area (Å²) in [6.07, 6.45) is 1.15. The molecule has 0 spiro atoms. The number of nitrogens with zero attached hydrogens (tertiary/aromatic N) is 1. The van der Waals surface area contributed by atoms with Gasteiger partial charge in [-0.15, -0.1) is 0 Å². The second-order valence-corrected chi connectivity index (χ2v) is 7.57. The molecule has 5 heteroatoms. The number of rotatable bonds is 5. The van der Waals surface area contributed by atoms with Gasteiger partial charge in [0, 0.05) is 23.1 Å². The Morgan fingerprint density at radius 1 is 1.23 bits per heavy atom. The molecule has 136 valence electrons. The third-order valence-electron chi connectivity index (χ3n) is 4.87. The summed E-state index contributed by atoms with van der Waals surface area (Å²) < 4.78 is 6.63. The predicted octanol–water partition coefficient (Wildman–Crippen LogP) is 4.92. The maximum atomic E-state index is 12.6. The zero-order valence-electron chi connectivity index (χ0n) is 14.9. The Bertz CT molecular complexity index is 803. The van der Waals surface area contributed by atoms with Gasteiger partial charge < -0.3 is 9.64 Å². The molecule has 26 heavy (non-hydrogen) atoms. The number of esters is 1. The molecular weight excluding hydrogens is 394 g/mol. The monoisotopic (exact) mass is 415 g/mol. The Hall–Kier alpha value is -2.14. The number of para-hydroxylation sites is 1. The van der Waals surface area contributed by atoms with Crippen molar-refractivity contribution in [2.45, 2.75) is 32.6 Å². The van der Waals surface area contributed by atoms with Crippen LogP contribution in [-0.2, 0) is 9.59 Å². The van der Waals surface area contributed by atoms with Gasteiger partial charge in [-0.3, -0.25) is 9.59 Å². The van der Waals surface area contributed by atoms with Gasteiger partial charge in [0.05, 0.1) is 5.92 Å². The lowest BCUT2D eigenvalue weighted by Gasteiger charge is -2.18. The van der Waals surface area contributed by atoms with Crippen LogP contribution in [0.1, 0.15) is 38.2 Å². The van der Waals surface area contributed by atoms with Crippen molar-refractivity contribution in [2.75, 3.05) is 11.4 Å². The molecule has 1 amide bonds. The van der Waals surface area contributed by atoms with Crippen molar-refractivity contribution in [3.05, 3.63) is 58.6 Å². The number of anilines is 1. The first-order valence-corrected chi connectivity index (χ1v) is 9.65. The lowest BCUT2D eigenvalue weighted by molar-refractivity contribution is -0.139. The second-order valence-electron chi connectivity index (χ2n) is 6.65. The fourth-order valence-corrected chi connectivity index (χ4v) is 3.39. The Morgan fingerprint density at radius 3 is 2.62 bits per heavy atom. The molecule has 1 aliphatic rings. The number of hydrogen-bond donors (Lipinski definition) is 0. The largest absolute Gasteiger partial charge is 0.426 e. The van der Waals surface area contributed by atoms with Gasteiger partial charge in [0.2, 0.25) is 5.91 Å². The fourth-order valence-electron chi connectivity index (χ4n) is 3.13. The molecular formula is C21H22BrNO3. The van der Waals surface area contributed by atoms with Crippen LogP contribution in [0.4, 0.5) is 5.69 Å². The molecule has 3 rings (SSSR count). The van der Waals surface area contributed by atoms with E-state index in [4.69, 9.17) is 4.74 Å². The molecule has 1 fully saturated rings. The summed E-state index contributed by atoms with van der Waals surface area (Å²) in [6.45, 7) is 4.57. The molecule has 2 aromatic carbocycles. The van der Waals surface area contributed by atoms with Gasteiger partial charge in [-0.2, -0.15) is 0 Å². The molecule has 0 saturated carbocycles. The summed E-state index contributed by atoms with van der Waals surface area (Å²) in [4.78, 5) is 26.7. The number of halogens is 1. The van der Waals surface area contributed by atoms with E-state index in [1.54, 1.807) is 4.90 Å². The van der Waals surface area contributed by atoms with Gasteiger partial charge in [0.1, 0.15) is 5.75 Å². The number of ether oxygens (including phenoxy) is 1. The molecule has 4 nitrogen and oxygen atoms in total. The molecule has 0 aliphatic carbocycles. The summed E-state index contributed by atoms with van der Waals surface area (Å²) in [6, 6.07) is 15.1. The van der Waals surface area contributed by atoms with Crippen molar-refractivity contribution in [3.8, 4) is 5.75 Å². The number of amides is 1. The fraction of sp³-hybridized carbons (Fsp3) is 0.333. The van der Waals surface area contributed by atoms with Crippen LogP contribution < -0.4 is 9.64 Å². The molecule has 1 heterocycles. The van der Waals surface area contributed by atoms with Crippen LogP contribution in [0.15, 0.2) is 53.0 Å². The lowest BCUT2D eigenvalue weighted by Crippen LogP contribution is -2.27. The average molecular weight is 416 g/mol. The molecule has 0 unspecified atom stereocenters. The van der Waals surface area contributed by atoms with Gasteiger partial charge in [0.25, 0.3) is 0 Å². The van der Waals surface area contributed by atoms with E-state index in [-0.39, 0.29) is 18.3 Å². The first kappa shape index (κ1) is 18.6. The zero-order chi connectivity index (χ0) is 18.7. The lowest BCUT2D eigenvalue weighted by atomic mass is 9.98. The van der Waals surface area contributed by atoms with E-state index in [9.17, 15) is 9.59 Å². The van der Waals surface area contributed by atoms with Crippen LogP contribution in [0.3, 0.4) is 0 Å². The van der Waals surface area contributed by atoms with E-state index in [1.807, 2.05) is 48.5 Å². The first-order chi connectivity index (χ1) is 12.5. The Balaban J connectivity index is 1.72. The normalized spacial score (nSPS) is 18.0. The highest BCUT2D eigenvalue weighted by atomic mass is 79.9. The molecule has 1 aliphatic heterocycles. The Kier molecular flexibility index (Phi) is 5.77. The molecule has 2 atom stereocenters. The van der Waals surface area contributed by atoms with Gasteiger partial charge in [-0.25, -0.2) is 0 Å². The Morgan fingerprint density at radius 2 is 1.92 bits per heavy atom. The van der Waals surface area contributed by atoms with E-state index >= 15 is 0 Å². The van der Waals surface area contributed by atoms with Crippen molar-refractivity contribution >= 4 is 33.5 Å². The summed E-state index contributed by atoms with van der Waals surface area (Å²) in [5.41, 5.74) is 1.82. The topological polar surface area (TPSA) is 46.6 Å². The smallest absolute Gasteiger partial charge is 0.316 e. The second kappa shape index (κ2) is 8.04. The van der Waals surface area contributed by atoms with E-state index in [1.165, 1.54) is 0 Å². The van der Waals surface area contributed by atoms with E-state index in [0.717, 1.165) is 22.1 Å². The van der Waals surface area contributed by atoms with Crippen LogP contribution in [0.2, 0.25) is 0 Å². The van der Waals surface area contributed by atoms with Crippen LogP contribution in [-0.4, -0.2) is 18.4 Å². The number of benzene rings is 2. The van der Waals surface area contributed by atoms with Gasteiger partial charge in [0.15, 0.2) is 0 Å². The van der Waals surface area contributed by atoms with E-state index in [2.05, 4.69) is 29.8 Å². The average Bonchev–Trinajstić information content (AvgIpc) is 3.04. The minimum Gasteiger partial charge on any atom is -0.426 e. The van der Waals surface area contributed by atoms with Gasteiger partial charge in [-0.05, 0) is 48.2 Å². The number of hydrogen-bond acceptors (Lipinski definition) is 3. The highest BCUT2D eigenvalue weighted by Crippen LogP contribution is 2.31. The maximum Gasteiger partial charge on any atom is 0.316 e. The SMILES string of the molecule is CC[C@@H](C)c1ccccc1OC(=O)[C@@H]1CC(=O)N(c2ccc(Br)cc2)C1. The van der Waals surface area contributed by atoms with Crippen LogP contribution in [0.25, 0.3) is 0 Å². The molecule has 0 radical (unpaired) electrons. The van der Waals surface area contributed by atoms with Crippen molar-refractivity contribution < 1.29 is 14.3 Å². The minimum absolute atomic E-state index is 0.0514. The van der Waals surface area contributed by atoms with Gasteiger partial charge in [-0.1, -0.05) is 48.0 Å². The van der Waals surface area contributed by atoms with Crippen molar-refractivity contribution in [1.82, 2.24) is 0 Å². The summed E-state index contributed by atoms with van der Waals surface area (Å²) in [5.74, 6) is 0.0687. The minimum atomic E-state index is -0.448. The maximum absolute atomic E-state index is 12.6. The predicted molar refractivity (Wildman–Crippen MR) is 105 cm³/mol. The first-order valence-electron chi connectivity index (χ1n) is 8.86. The number of carbonyl (C=O) groups is 2. The zero-order valence-corrected chi connectivity index (χ0v) is 16.5. The summed E-state index contributed by atoms with van der Waals surface area (Å²) in [5, 5.41) is 0. The molecule has 2 aromatic rings. The summed E-state index contributed by atoms with van der Waals surface area (Å²) >= 11 is 3.39. The highest BCUT2D eigenvalue weighted by molar-refractivity contribution is 9.10.